The summed E-state index contributed by atoms with van der Waals surface area (Å²) in [5, 5.41) is 2.32. The highest BCUT2D eigenvalue weighted by Gasteiger charge is 2.01. The lowest BCUT2D eigenvalue weighted by atomic mass is 10.1. The molecule has 0 saturated heterocycles. The molecule has 0 unspecified atom stereocenters. The van der Waals surface area contributed by atoms with Gasteiger partial charge in [0.1, 0.15) is 0 Å². The van der Waals surface area contributed by atoms with Crippen molar-refractivity contribution in [2.45, 2.75) is 26.2 Å². The molecular formula is C7H12S. The number of allylic oxidation sites excluding steroid dienone is 1. The SMILES string of the molecule is CCCC1=CSCC1. The van der Waals surface area contributed by atoms with E-state index in [0.29, 0.717) is 0 Å². The largest absolute Gasteiger partial charge is 0.134 e. The Labute approximate surface area is 55.4 Å². The van der Waals surface area contributed by atoms with Crippen LogP contribution in [0.1, 0.15) is 26.2 Å². The Morgan fingerprint density at radius 3 is 3.12 bits per heavy atom. The van der Waals surface area contributed by atoms with Crippen LogP contribution in [0, 0.1) is 0 Å². The van der Waals surface area contributed by atoms with Gasteiger partial charge in [0.25, 0.3) is 0 Å². The predicted molar refractivity (Wildman–Crippen MR) is 40.1 cm³/mol. The molecule has 0 aromatic rings. The highest BCUT2D eigenvalue weighted by Crippen LogP contribution is 2.24. The van der Waals surface area contributed by atoms with Gasteiger partial charge < -0.3 is 0 Å². The molecule has 1 heteroatoms. The van der Waals surface area contributed by atoms with Gasteiger partial charge in [0.2, 0.25) is 0 Å². The molecule has 0 amide bonds. The molecule has 0 atom stereocenters. The van der Waals surface area contributed by atoms with E-state index in [-0.39, 0.29) is 0 Å². The first-order valence-corrected chi connectivity index (χ1v) is 4.28. The molecule has 1 rings (SSSR count). The summed E-state index contributed by atoms with van der Waals surface area (Å²) in [7, 11) is 0. The minimum absolute atomic E-state index is 1.31. The zero-order valence-corrected chi connectivity index (χ0v) is 6.13. The second-order valence-corrected chi connectivity index (χ2v) is 3.12. The van der Waals surface area contributed by atoms with E-state index in [4.69, 9.17) is 0 Å². The molecule has 0 aliphatic carbocycles. The molecule has 0 nitrogen and oxygen atoms in total. The van der Waals surface area contributed by atoms with Crippen LogP contribution in [0.15, 0.2) is 11.0 Å². The van der Waals surface area contributed by atoms with Crippen LogP contribution in [0.25, 0.3) is 0 Å². The third kappa shape index (κ3) is 1.55. The van der Waals surface area contributed by atoms with E-state index in [1.165, 1.54) is 25.0 Å². The Balaban J connectivity index is 2.23. The first kappa shape index (κ1) is 6.21. The summed E-state index contributed by atoms with van der Waals surface area (Å²) in [5.74, 6) is 1.33. The van der Waals surface area contributed by atoms with Gasteiger partial charge in [-0.1, -0.05) is 18.9 Å². The zero-order valence-electron chi connectivity index (χ0n) is 5.31. The molecular weight excluding hydrogens is 116 g/mol. The highest BCUT2D eigenvalue weighted by atomic mass is 32.2. The molecule has 8 heavy (non-hydrogen) atoms. The van der Waals surface area contributed by atoms with Crippen molar-refractivity contribution in [2.24, 2.45) is 0 Å². The Morgan fingerprint density at radius 1 is 1.75 bits per heavy atom. The molecule has 0 spiro atoms. The summed E-state index contributed by atoms with van der Waals surface area (Å²) in [5.41, 5.74) is 1.66. The van der Waals surface area contributed by atoms with Crippen LogP contribution in [0.5, 0.6) is 0 Å². The van der Waals surface area contributed by atoms with Gasteiger partial charge in [-0.25, -0.2) is 0 Å². The third-order valence-electron chi connectivity index (χ3n) is 1.36. The number of hydrogen-bond acceptors (Lipinski definition) is 1. The second kappa shape index (κ2) is 3.18. The summed E-state index contributed by atoms with van der Waals surface area (Å²) in [6.07, 6.45) is 3.98. The van der Waals surface area contributed by atoms with Crippen molar-refractivity contribution < 1.29 is 0 Å². The van der Waals surface area contributed by atoms with E-state index >= 15 is 0 Å². The average Bonchev–Trinajstić information content (AvgIpc) is 2.19. The fraction of sp³-hybridized carbons (Fsp3) is 0.714. The molecule has 46 valence electrons. The third-order valence-corrected chi connectivity index (χ3v) is 2.30. The van der Waals surface area contributed by atoms with E-state index in [1.807, 2.05) is 11.8 Å². The second-order valence-electron chi connectivity index (χ2n) is 2.15. The van der Waals surface area contributed by atoms with Crippen LogP contribution < -0.4 is 0 Å². The molecule has 0 bridgehead atoms. The zero-order chi connectivity index (χ0) is 5.82. The van der Waals surface area contributed by atoms with Gasteiger partial charge >= 0.3 is 0 Å². The Hall–Kier alpha value is 0.0900. The van der Waals surface area contributed by atoms with Gasteiger partial charge in [-0.15, -0.1) is 11.8 Å². The Morgan fingerprint density at radius 2 is 2.62 bits per heavy atom. The van der Waals surface area contributed by atoms with E-state index in [0.717, 1.165) is 0 Å². The summed E-state index contributed by atoms with van der Waals surface area (Å²) in [4.78, 5) is 0. The molecule has 0 aromatic carbocycles. The monoisotopic (exact) mass is 128 g/mol. The van der Waals surface area contributed by atoms with Crippen LogP contribution in [-0.4, -0.2) is 5.75 Å². The number of rotatable bonds is 2. The molecule has 0 N–H and O–H groups in total. The highest BCUT2D eigenvalue weighted by molar-refractivity contribution is 8.02. The lowest BCUT2D eigenvalue weighted by molar-refractivity contribution is 0.872. The van der Waals surface area contributed by atoms with E-state index in [9.17, 15) is 0 Å². The number of hydrogen-bond donors (Lipinski definition) is 0. The smallest absolute Gasteiger partial charge is 0.00116 e. The topological polar surface area (TPSA) is 0 Å². The minimum Gasteiger partial charge on any atom is -0.134 e. The van der Waals surface area contributed by atoms with Crippen LogP contribution >= 0.6 is 11.8 Å². The minimum atomic E-state index is 1.31. The normalized spacial score (nSPS) is 18.9. The Kier molecular flexibility index (Phi) is 2.47. The summed E-state index contributed by atoms with van der Waals surface area (Å²) < 4.78 is 0. The molecule has 1 heterocycles. The summed E-state index contributed by atoms with van der Waals surface area (Å²) >= 11 is 1.96. The quantitative estimate of drug-likeness (QED) is 0.551. The fourth-order valence-electron chi connectivity index (χ4n) is 0.931. The maximum absolute atomic E-state index is 2.32. The molecule has 0 aromatic heterocycles. The van der Waals surface area contributed by atoms with Crippen molar-refractivity contribution in [1.82, 2.24) is 0 Å². The van der Waals surface area contributed by atoms with Gasteiger partial charge in [0, 0.05) is 5.75 Å². The molecule has 1 aliphatic rings. The van der Waals surface area contributed by atoms with E-state index in [1.54, 1.807) is 5.57 Å². The van der Waals surface area contributed by atoms with Crippen LogP contribution in [0.4, 0.5) is 0 Å². The summed E-state index contributed by atoms with van der Waals surface area (Å²) in [6.45, 7) is 2.24. The van der Waals surface area contributed by atoms with Crippen molar-refractivity contribution in [3.05, 3.63) is 11.0 Å². The first-order chi connectivity index (χ1) is 3.93. The maximum atomic E-state index is 2.32. The number of thioether (sulfide) groups is 1. The lowest BCUT2D eigenvalue weighted by Crippen LogP contribution is -1.76. The van der Waals surface area contributed by atoms with E-state index < -0.39 is 0 Å². The predicted octanol–water partition coefficient (Wildman–Crippen LogP) is 2.81. The van der Waals surface area contributed by atoms with Crippen molar-refractivity contribution in [3.63, 3.8) is 0 Å². The van der Waals surface area contributed by atoms with Crippen molar-refractivity contribution in [2.75, 3.05) is 5.75 Å². The fourth-order valence-corrected chi connectivity index (χ4v) is 1.90. The molecule has 0 radical (unpaired) electrons. The van der Waals surface area contributed by atoms with Gasteiger partial charge in [-0.05, 0) is 18.2 Å². The standard InChI is InChI=1S/C7H12S/c1-2-3-7-4-5-8-6-7/h6H,2-5H2,1H3. The van der Waals surface area contributed by atoms with Crippen LogP contribution in [0.3, 0.4) is 0 Å². The summed E-state index contributed by atoms with van der Waals surface area (Å²) in [6, 6.07) is 0. The lowest BCUT2D eigenvalue weighted by Gasteiger charge is -1.92. The van der Waals surface area contributed by atoms with Gasteiger partial charge in [-0.2, -0.15) is 0 Å². The van der Waals surface area contributed by atoms with Crippen molar-refractivity contribution in [1.29, 1.82) is 0 Å². The van der Waals surface area contributed by atoms with Gasteiger partial charge in [0.15, 0.2) is 0 Å². The molecule has 0 fully saturated rings. The van der Waals surface area contributed by atoms with Crippen LogP contribution in [0.2, 0.25) is 0 Å². The maximum Gasteiger partial charge on any atom is 0.00116 e. The molecule has 1 aliphatic heterocycles. The first-order valence-electron chi connectivity index (χ1n) is 3.23. The van der Waals surface area contributed by atoms with Crippen molar-refractivity contribution in [3.8, 4) is 0 Å². The van der Waals surface area contributed by atoms with Gasteiger partial charge in [-0.3, -0.25) is 0 Å². The molecule has 0 saturated carbocycles. The average molecular weight is 128 g/mol. The van der Waals surface area contributed by atoms with Gasteiger partial charge in [0.05, 0.1) is 0 Å². The Bertz CT molecular complexity index is 94.6. The van der Waals surface area contributed by atoms with E-state index in [2.05, 4.69) is 12.3 Å². The van der Waals surface area contributed by atoms with Crippen molar-refractivity contribution >= 4 is 11.8 Å². The van der Waals surface area contributed by atoms with Crippen LogP contribution in [-0.2, 0) is 0 Å².